The number of benzene rings is 1. The first-order valence-corrected chi connectivity index (χ1v) is 10.7. The summed E-state index contributed by atoms with van der Waals surface area (Å²) in [6.07, 6.45) is 4.77. The van der Waals surface area contributed by atoms with Crippen molar-refractivity contribution in [3.05, 3.63) is 35.6 Å². The van der Waals surface area contributed by atoms with Crippen LogP contribution in [0.25, 0.3) is 0 Å². The predicted molar refractivity (Wildman–Crippen MR) is 107 cm³/mol. The number of nitrogens with zero attached hydrogens (tertiary/aromatic N) is 2. The van der Waals surface area contributed by atoms with Gasteiger partial charge in [-0.25, -0.2) is 4.39 Å². The van der Waals surface area contributed by atoms with Crippen molar-refractivity contribution in [2.45, 2.75) is 31.8 Å². The highest BCUT2D eigenvalue weighted by atomic mass is 19.1. The van der Waals surface area contributed by atoms with Gasteiger partial charge in [-0.1, -0.05) is 12.1 Å². The van der Waals surface area contributed by atoms with E-state index in [0.717, 1.165) is 38.4 Å². The quantitative estimate of drug-likeness (QED) is 0.756. The van der Waals surface area contributed by atoms with Crippen molar-refractivity contribution < 1.29 is 18.7 Å². The van der Waals surface area contributed by atoms with Crippen LogP contribution in [0.2, 0.25) is 0 Å². The van der Waals surface area contributed by atoms with E-state index in [1.807, 2.05) is 4.90 Å². The summed E-state index contributed by atoms with van der Waals surface area (Å²) in [5.41, 5.74) is 0.0224. The Labute approximate surface area is 171 Å². The molecule has 2 amide bonds. The number of likely N-dealkylation sites (tertiary alicyclic amines) is 1. The highest BCUT2D eigenvalue weighted by Crippen LogP contribution is 2.31. The number of amides is 2. The van der Waals surface area contributed by atoms with Crippen LogP contribution in [0.1, 0.15) is 36.0 Å². The van der Waals surface area contributed by atoms with E-state index >= 15 is 0 Å². The van der Waals surface area contributed by atoms with E-state index in [0.29, 0.717) is 12.5 Å². The zero-order valence-corrected chi connectivity index (χ0v) is 16.8. The molecular formula is C22H30FN3O3. The van der Waals surface area contributed by atoms with Crippen LogP contribution < -0.4 is 5.32 Å². The van der Waals surface area contributed by atoms with Crippen molar-refractivity contribution in [1.29, 1.82) is 0 Å². The lowest BCUT2D eigenvalue weighted by atomic mass is 9.95. The van der Waals surface area contributed by atoms with Crippen LogP contribution in [0.15, 0.2) is 24.3 Å². The van der Waals surface area contributed by atoms with Crippen molar-refractivity contribution in [2.75, 3.05) is 45.9 Å². The van der Waals surface area contributed by atoms with Gasteiger partial charge in [0.25, 0.3) is 5.91 Å². The number of rotatable bonds is 7. The third kappa shape index (κ3) is 5.54. The number of carbonyl (C=O) groups is 2. The Balaban J connectivity index is 1.22. The van der Waals surface area contributed by atoms with Crippen LogP contribution in [0, 0.1) is 17.7 Å². The van der Waals surface area contributed by atoms with Gasteiger partial charge >= 0.3 is 0 Å². The Morgan fingerprint density at radius 1 is 1.10 bits per heavy atom. The molecule has 2 heterocycles. The lowest BCUT2D eigenvalue weighted by molar-refractivity contribution is -0.149. The first-order chi connectivity index (χ1) is 14.1. The minimum absolute atomic E-state index is 0.0158. The van der Waals surface area contributed by atoms with E-state index in [4.69, 9.17) is 4.74 Å². The number of ether oxygens (including phenoxy) is 1. The minimum atomic E-state index is -0.542. The molecule has 1 aliphatic carbocycles. The molecule has 2 aliphatic heterocycles. The molecule has 7 heteroatoms. The molecule has 0 unspecified atom stereocenters. The maximum Gasteiger partial charge on any atom is 0.254 e. The molecule has 2 saturated heterocycles. The van der Waals surface area contributed by atoms with Gasteiger partial charge in [0.2, 0.25) is 5.91 Å². The lowest BCUT2D eigenvalue weighted by Crippen LogP contribution is -2.52. The molecule has 1 atom stereocenters. The molecule has 0 bridgehead atoms. The SMILES string of the molecule is O=C(NC[C@@H]1CN(CC2CCN(CC3CC3)CC2)C(=O)CO1)c1ccccc1F. The molecule has 0 spiro atoms. The maximum atomic E-state index is 13.7. The smallest absolute Gasteiger partial charge is 0.254 e. The normalized spacial score (nSPS) is 24.0. The zero-order valence-electron chi connectivity index (χ0n) is 16.8. The number of carbonyl (C=O) groups excluding carboxylic acids is 2. The third-order valence-electron chi connectivity index (χ3n) is 6.23. The van der Waals surface area contributed by atoms with Gasteiger partial charge in [0, 0.05) is 26.2 Å². The zero-order chi connectivity index (χ0) is 20.2. The Kier molecular flexibility index (Phi) is 6.45. The fourth-order valence-electron chi connectivity index (χ4n) is 4.26. The van der Waals surface area contributed by atoms with Crippen LogP contribution in [0.3, 0.4) is 0 Å². The van der Waals surface area contributed by atoms with Crippen molar-refractivity contribution in [1.82, 2.24) is 15.1 Å². The van der Waals surface area contributed by atoms with E-state index in [9.17, 15) is 14.0 Å². The van der Waals surface area contributed by atoms with E-state index in [1.165, 1.54) is 31.5 Å². The standard InChI is InChI=1S/C22H30FN3O3/c23-20-4-2-1-3-19(20)22(28)24-11-18-14-26(21(27)15-29-18)13-17-7-9-25(10-8-17)12-16-5-6-16/h1-4,16-18H,5-15H2,(H,24,28)/t18-/m1/s1. The van der Waals surface area contributed by atoms with Gasteiger partial charge in [-0.05, 0) is 62.7 Å². The van der Waals surface area contributed by atoms with Gasteiger partial charge < -0.3 is 19.9 Å². The van der Waals surface area contributed by atoms with Crippen LogP contribution in [0.5, 0.6) is 0 Å². The first kappa shape index (κ1) is 20.3. The summed E-state index contributed by atoms with van der Waals surface area (Å²) in [5.74, 6) is 0.466. The summed E-state index contributed by atoms with van der Waals surface area (Å²) in [7, 11) is 0. The Hall–Kier alpha value is -1.99. The second-order valence-electron chi connectivity index (χ2n) is 8.61. The molecule has 3 aliphatic rings. The first-order valence-electron chi connectivity index (χ1n) is 10.7. The molecule has 158 valence electrons. The number of morpholine rings is 1. The van der Waals surface area contributed by atoms with Gasteiger partial charge in [-0.15, -0.1) is 0 Å². The fraction of sp³-hybridized carbons (Fsp3) is 0.636. The lowest BCUT2D eigenvalue weighted by Gasteiger charge is -2.38. The summed E-state index contributed by atoms with van der Waals surface area (Å²) >= 11 is 0. The van der Waals surface area contributed by atoms with Gasteiger partial charge in [0.05, 0.1) is 11.7 Å². The number of piperidine rings is 1. The number of hydrogen-bond acceptors (Lipinski definition) is 4. The minimum Gasteiger partial charge on any atom is -0.365 e. The Bertz CT molecular complexity index is 732. The molecular weight excluding hydrogens is 373 g/mol. The Morgan fingerprint density at radius 2 is 1.83 bits per heavy atom. The molecule has 6 nitrogen and oxygen atoms in total. The monoisotopic (exact) mass is 403 g/mol. The molecule has 1 aromatic carbocycles. The summed E-state index contributed by atoms with van der Waals surface area (Å²) in [6, 6.07) is 5.90. The highest BCUT2D eigenvalue weighted by Gasteiger charge is 2.31. The maximum absolute atomic E-state index is 13.7. The number of halogens is 1. The third-order valence-corrected chi connectivity index (χ3v) is 6.23. The van der Waals surface area contributed by atoms with Crippen molar-refractivity contribution >= 4 is 11.8 Å². The van der Waals surface area contributed by atoms with E-state index in [2.05, 4.69) is 10.2 Å². The molecule has 1 N–H and O–H groups in total. The second-order valence-corrected chi connectivity index (χ2v) is 8.61. The predicted octanol–water partition coefficient (Wildman–Crippen LogP) is 1.90. The summed E-state index contributed by atoms with van der Waals surface area (Å²) < 4.78 is 19.3. The average molecular weight is 403 g/mol. The number of hydrogen-bond donors (Lipinski definition) is 1. The number of nitrogens with one attached hydrogen (secondary N) is 1. The van der Waals surface area contributed by atoms with Crippen LogP contribution in [-0.4, -0.2) is 73.6 Å². The summed E-state index contributed by atoms with van der Waals surface area (Å²) in [6.45, 7) is 5.03. The molecule has 4 rings (SSSR count). The molecule has 3 fully saturated rings. The van der Waals surface area contributed by atoms with E-state index in [-0.39, 0.29) is 30.7 Å². The second kappa shape index (κ2) is 9.22. The Morgan fingerprint density at radius 3 is 2.55 bits per heavy atom. The van der Waals surface area contributed by atoms with Crippen molar-refractivity contribution in [2.24, 2.45) is 11.8 Å². The molecule has 1 saturated carbocycles. The van der Waals surface area contributed by atoms with Crippen LogP contribution in [-0.2, 0) is 9.53 Å². The molecule has 0 aromatic heterocycles. The highest BCUT2D eigenvalue weighted by molar-refractivity contribution is 5.94. The van der Waals surface area contributed by atoms with Crippen LogP contribution >= 0.6 is 0 Å². The van der Waals surface area contributed by atoms with Gasteiger partial charge in [0.1, 0.15) is 12.4 Å². The van der Waals surface area contributed by atoms with Gasteiger partial charge in [-0.3, -0.25) is 9.59 Å². The molecule has 1 aromatic rings. The summed E-state index contributed by atoms with van der Waals surface area (Å²) in [5, 5.41) is 2.73. The van der Waals surface area contributed by atoms with Gasteiger partial charge in [0.15, 0.2) is 0 Å². The largest absolute Gasteiger partial charge is 0.365 e. The van der Waals surface area contributed by atoms with E-state index in [1.54, 1.807) is 12.1 Å². The van der Waals surface area contributed by atoms with Crippen molar-refractivity contribution in [3.8, 4) is 0 Å². The fourth-order valence-corrected chi connectivity index (χ4v) is 4.26. The van der Waals surface area contributed by atoms with Gasteiger partial charge in [-0.2, -0.15) is 0 Å². The van der Waals surface area contributed by atoms with Crippen molar-refractivity contribution in [3.63, 3.8) is 0 Å². The topological polar surface area (TPSA) is 61.9 Å². The average Bonchev–Trinajstić information content (AvgIpc) is 3.54. The molecule has 0 radical (unpaired) electrons. The van der Waals surface area contributed by atoms with E-state index < -0.39 is 11.7 Å². The summed E-state index contributed by atoms with van der Waals surface area (Å²) in [4.78, 5) is 28.9. The van der Waals surface area contributed by atoms with Crippen LogP contribution in [0.4, 0.5) is 4.39 Å². The molecule has 29 heavy (non-hydrogen) atoms.